The van der Waals surface area contributed by atoms with E-state index in [2.05, 4.69) is 0 Å². The maximum atomic E-state index is 12.4. The Morgan fingerprint density at radius 2 is 1.80 bits per heavy atom. The van der Waals surface area contributed by atoms with Crippen molar-refractivity contribution in [3.05, 3.63) is 30.3 Å². The summed E-state index contributed by atoms with van der Waals surface area (Å²) in [6.07, 6.45) is -0.128. The number of carbonyl (C=O) groups excluding carboxylic acids is 1. The molecule has 2 N–H and O–H groups in total. The van der Waals surface area contributed by atoms with Crippen LogP contribution in [0, 0.1) is 0 Å². The average molecular weight is 280 g/mol. The van der Waals surface area contributed by atoms with E-state index in [4.69, 9.17) is 10.2 Å². The van der Waals surface area contributed by atoms with Crippen molar-refractivity contribution in [3.8, 4) is 0 Å². The maximum Gasteiger partial charge on any atom is 0.324 e. The van der Waals surface area contributed by atoms with Crippen molar-refractivity contribution in [2.24, 2.45) is 0 Å². The second kappa shape index (κ2) is 8.16. The summed E-state index contributed by atoms with van der Waals surface area (Å²) in [6.45, 7) is 2.47. The molecule has 0 atom stereocenters. The quantitative estimate of drug-likeness (QED) is 0.791. The number of nitrogens with zero attached hydrogens (tertiary/aromatic N) is 2. The van der Waals surface area contributed by atoms with Crippen molar-refractivity contribution in [1.29, 1.82) is 0 Å². The fraction of sp³-hybridized carbons (Fsp3) is 0.429. The van der Waals surface area contributed by atoms with Gasteiger partial charge in [-0.15, -0.1) is 0 Å². The summed E-state index contributed by atoms with van der Waals surface area (Å²) < 4.78 is 0. The number of rotatable bonds is 7. The Morgan fingerprint density at radius 1 is 1.15 bits per heavy atom. The molecular weight excluding hydrogens is 260 g/mol. The minimum absolute atomic E-state index is 0.0973. The van der Waals surface area contributed by atoms with Crippen molar-refractivity contribution in [2.75, 3.05) is 31.1 Å². The highest BCUT2D eigenvalue weighted by Crippen LogP contribution is 2.16. The van der Waals surface area contributed by atoms with Gasteiger partial charge in [-0.3, -0.25) is 9.69 Å². The van der Waals surface area contributed by atoms with Crippen LogP contribution in [0.5, 0.6) is 0 Å². The van der Waals surface area contributed by atoms with Crippen molar-refractivity contribution >= 4 is 17.7 Å². The topological polar surface area (TPSA) is 81.1 Å². The molecule has 0 aliphatic heterocycles. The highest BCUT2D eigenvalue weighted by atomic mass is 16.4. The normalized spacial score (nSPS) is 10.1. The number of aliphatic carboxylic acids is 1. The number of carbonyl (C=O) groups is 2. The van der Waals surface area contributed by atoms with Gasteiger partial charge in [0, 0.05) is 25.3 Å². The predicted molar refractivity (Wildman–Crippen MR) is 75.8 cm³/mol. The van der Waals surface area contributed by atoms with Crippen LogP contribution in [0.1, 0.15) is 13.3 Å². The number of hydrogen-bond donors (Lipinski definition) is 2. The Bertz CT molecular complexity index is 436. The van der Waals surface area contributed by atoms with Gasteiger partial charge in [-0.2, -0.15) is 0 Å². The van der Waals surface area contributed by atoms with E-state index >= 15 is 0 Å². The van der Waals surface area contributed by atoms with Gasteiger partial charge >= 0.3 is 12.0 Å². The Hall–Kier alpha value is -2.08. The lowest BCUT2D eigenvalue weighted by molar-refractivity contribution is -0.136. The van der Waals surface area contributed by atoms with Crippen molar-refractivity contribution < 1.29 is 19.8 Å². The summed E-state index contributed by atoms with van der Waals surface area (Å²) in [5.74, 6) is -0.955. The number of carboxylic acid groups (broad SMARTS) is 1. The zero-order valence-electron chi connectivity index (χ0n) is 11.5. The molecule has 0 saturated heterocycles. The molecule has 1 rings (SSSR count). The third kappa shape index (κ3) is 4.55. The zero-order chi connectivity index (χ0) is 15.0. The molecular formula is C14H20N2O4. The van der Waals surface area contributed by atoms with Crippen molar-refractivity contribution in [1.82, 2.24) is 4.90 Å². The standard InChI is InChI=1S/C14H20N2O4/c1-2-15(10-11-17)14(20)16(9-8-13(18)19)12-6-4-3-5-7-12/h3-7,17H,2,8-11H2,1H3,(H,18,19). The third-order valence-corrected chi connectivity index (χ3v) is 2.87. The molecule has 1 aromatic carbocycles. The number of aliphatic hydroxyl groups excluding tert-OH is 1. The second-order valence-electron chi connectivity index (χ2n) is 4.22. The maximum absolute atomic E-state index is 12.4. The Labute approximate surface area is 118 Å². The van der Waals surface area contributed by atoms with Crippen LogP contribution >= 0.6 is 0 Å². The van der Waals surface area contributed by atoms with E-state index in [0.717, 1.165) is 0 Å². The number of benzene rings is 1. The van der Waals surface area contributed by atoms with Crippen molar-refractivity contribution in [2.45, 2.75) is 13.3 Å². The van der Waals surface area contributed by atoms with E-state index in [1.165, 1.54) is 9.80 Å². The molecule has 0 spiro atoms. The van der Waals surface area contributed by atoms with Gasteiger partial charge in [-0.25, -0.2) is 4.79 Å². The van der Waals surface area contributed by atoms with Gasteiger partial charge < -0.3 is 15.1 Å². The van der Waals surface area contributed by atoms with Gasteiger partial charge in [0.15, 0.2) is 0 Å². The summed E-state index contributed by atoms with van der Waals surface area (Å²) in [5.41, 5.74) is 0.648. The Morgan fingerprint density at radius 3 is 2.30 bits per heavy atom. The number of likely N-dealkylation sites (N-methyl/N-ethyl adjacent to an activating group) is 1. The van der Waals surface area contributed by atoms with Crippen LogP contribution in [0.2, 0.25) is 0 Å². The summed E-state index contributed by atoms with van der Waals surface area (Å²) in [4.78, 5) is 26.1. The predicted octanol–water partition coefficient (Wildman–Crippen LogP) is 1.40. The molecule has 1 aromatic rings. The Balaban J connectivity index is 2.91. The SMILES string of the molecule is CCN(CCO)C(=O)N(CCC(=O)O)c1ccccc1. The van der Waals surface area contributed by atoms with Crippen LogP contribution in [0.25, 0.3) is 0 Å². The van der Waals surface area contributed by atoms with Crippen LogP contribution in [0.15, 0.2) is 30.3 Å². The van der Waals surface area contributed by atoms with Gasteiger partial charge in [-0.1, -0.05) is 18.2 Å². The lowest BCUT2D eigenvalue weighted by Crippen LogP contribution is -2.45. The second-order valence-corrected chi connectivity index (χ2v) is 4.22. The van der Waals surface area contributed by atoms with E-state index < -0.39 is 5.97 Å². The molecule has 0 fully saturated rings. The molecule has 20 heavy (non-hydrogen) atoms. The molecule has 2 amide bonds. The molecule has 0 unspecified atom stereocenters. The van der Waals surface area contributed by atoms with E-state index in [1.54, 1.807) is 24.3 Å². The first kappa shape index (κ1) is 16.0. The van der Waals surface area contributed by atoms with E-state index in [0.29, 0.717) is 12.2 Å². The van der Waals surface area contributed by atoms with Gasteiger partial charge in [0.2, 0.25) is 0 Å². The average Bonchev–Trinajstić information content (AvgIpc) is 2.45. The fourth-order valence-electron chi connectivity index (χ4n) is 1.83. The number of para-hydroxylation sites is 1. The molecule has 6 heteroatoms. The first-order valence-corrected chi connectivity index (χ1v) is 6.54. The minimum atomic E-state index is -0.955. The molecule has 110 valence electrons. The van der Waals surface area contributed by atoms with Gasteiger partial charge in [0.25, 0.3) is 0 Å². The number of aliphatic hydroxyl groups is 1. The summed E-state index contributed by atoms with van der Waals surface area (Å²) in [5, 5.41) is 17.8. The number of hydrogen-bond acceptors (Lipinski definition) is 3. The van der Waals surface area contributed by atoms with Crippen LogP contribution in [-0.2, 0) is 4.79 Å². The molecule has 0 aliphatic rings. The number of urea groups is 1. The monoisotopic (exact) mass is 280 g/mol. The van der Waals surface area contributed by atoms with Gasteiger partial charge in [0.05, 0.1) is 13.0 Å². The van der Waals surface area contributed by atoms with Gasteiger partial charge in [0.1, 0.15) is 0 Å². The number of anilines is 1. The third-order valence-electron chi connectivity index (χ3n) is 2.87. The van der Waals surface area contributed by atoms with Crippen LogP contribution < -0.4 is 4.90 Å². The molecule has 0 bridgehead atoms. The van der Waals surface area contributed by atoms with Crippen LogP contribution in [0.3, 0.4) is 0 Å². The largest absolute Gasteiger partial charge is 0.481 e. The highest BCUT2D eigenvalue weighted by Gasteiger charge is 2.21. The zero-order valence-corrected chi connectivity index (χ0v) is 11.5. The number of amides is 2. The van der Waals surface area contributed by atoms with E-state index in [9.17, 15) is 9.59 Å². The summed E-state index contributed by atoms with van der Waals surface area (Å²) in [6, 6.07) is 8.62. The van der Waals surface area contributed by atoms with Crippen LogP contribution in [0.4, 0.5) is 10.5 Å². The fourth-order valence-corrected chi connectivity index (χ4v) is 1.83. The minimum Gasteiger partial charge on any atom is -0.481 e. The van der Waals surface area contributed by atoms with E-state index in [1.807, 2.05) is 13.0 Å². The summed E-state index contributed by atoms with van der Waals surface area (Å²) >= 11 is 0. The van der Waals surface area contributed by atoms with E-state index in [-0.39, 0.29) is 32.1 Å². The van der Waals surface area contributed by atoms with Crippen LogP contribution in [-0.4, -0.2) is 53.4 Å². The lowest BCUT2D eigenvalue weighted by atomic mass is 10.2. The lowest BCUT2D eigenvalue weighted by Gasteiger charge is -2.29. The summed E-state index contributed by atoms with van der Waals surface area (Å²) in [7, 11) is 0. The molecule has 0 aliphatic carbocycles. The first-order chi connectivity index (χ1) is 9.60. The first-order valence-electron chi connectivity index (χ1n) is 6.54. The molecule has 0 heterocycles. The highest BCUT2D eigenvalue weighted by molar-refractivity contribution is 5.92. The molecule has 0 saturated carbocycles. The smallest absolute Gasteiger partial charge is 0.324 e. The van der Waals surface area contributed by atoms with Gasteiger partial charge in [-0.05, 0) is 19.1 Å². The Kier molecular flexibility index (Phi) is 6.52. The molecule has 0 radical (unpaired) electrons. The number of carboxylic acids is 1. The molecule has 0 aromatic heterocycles. The molecule has 6 nitrogen and oxygen atoms in total. The van der Waals surface area contributed by atoms with Crippen molar-refractivity contribution in [3.63, 3.8) is 0 Å².